The number of anilines is 1. The summed E-state index contributed by atoms with van der Waals surface area (Å²) in [4.78, 5) is 4.60. The van der Waals surface area contributed by atoms with Crippen LogP contribution in [0.2, 0.25) is 0 Å². The SMILES string of the molecule is COCCCNc1cc(-c2ccccc2O)nc2c(Br)cnn12. The Balaban J connectivity index is 2.02. The van der Waals surface area contributed by atoms with Crippen molar-refractivity contribution in [3.8, 4) is 17.0 Å². The summed E-state index contributed by atoms with van der Waals surface area (Å²) in [6.45, 7) is 1.45. The molecule has 3 rings (SSSR count). The molecule has 0 saturated heterocycles. The molecule has 2 aromatic heterocycles. The number of phenols is 1. The van der Waals surface area contributed by atoms with E-state index in [4.69, 9.17) is 4.74 Å². The van der Waals surface area contributed by atoms with Gasteiger partial charge in [-0.05, 0) is 34.5 Å². The second-order valence-electron chi connectivity index (χ2n) is 5.04. The fourth-order valence-corrected chi connectivity index (χ4v) is 2.67. The van der Waals surface area contributed by atoms with Crippen molar-refractivity contribution in [3.63, 3.8) is 0 Å². The molecule has 3 aromatic rings. The monoisotopic (exact) mass is 376 g/mol. The summed E-state index contributed by atoms with van der Waals surface area (Å²) >= 11 is 3.46. The first kappa shape index (κ1) is 15.8. The number of methoxy groups -OCH3 is 1. The van der Waals surface area contributed by atoms with Crippen LogP contribution in [-0.2, 0) is 4.74 Å². The van der Waals surface area contributed by atoms with E-state index in [1.165, 1.54) is 0 Å². The molecule has 0 amide bonds. The van der Waals surface area contributed by atoms with Gasteiger partial charge in [0.15, 0.2) is 5.65 Å². The van der Waals surface area contributed by atoms with E-state index in [0.29, 0.717) is 23.5 Å². The molecule has 120 valence electrons. The zero-order valence-electron chi connectivity index (χ0n) is 12.7. The van der Waals surface area contributed by atoms with E-state index >= 15 is 0 Å². The van der Waals surface area contributed by atoms with Crippen LogP contribution >= 0.6 is 15.9 Å². The summed E-state index contributed by atoms with van der Waals surface area (Å²) in [5, 5.41) is 17.8. The van der Waals surface area contributed by atoms with E-state index in [1.54, 1.807) is 30.0 Å². The second-order valence-corrected chi connectivity index (χ2v) is 5.90. The van der Waals surface area contributed by atoms with Gasteiger partial charge in [-0.2, -0.15) is 9.61 Å². The molecule has 0 spiro atoms. The Hall–Kier alpha value is -2.12. The number of fused-ring (bicyclic) bond motifs is 1. The number of aromatic nitrogens is 3. The molecule has 1 aromatic carbocycles. The molecule has 6 nitrogen and oxygen atoms in total. The lowest BCUT2D eigenvalue weighted by atomic mass is 10.1. The second kappa shape index (κ2) is 6.97. The predicted molar refractivity (Wildman–Crippen MR) is 92.8 cm³/mol. The fourth-order valence-electron chi connectivity index (χ4n) is 2.32. The fraction of sp³-hybridized carbons (Fsp3) is 0.250. The van der Waals surface area contributed by atoms with E-state index in [2.05, 4.69) is 31.3 Å². The van der Waals surface area contributed by atoms with Gasteiger partial charge < -0.3 is 15.2 Å². The number of hydrogen-bond donors (Lipinski definition) is 2. The summed E-state index contributed by atoms with van der Waals surface area (Å²) in [5.74, 6) is 1.01. The minimum atomic E-state index is 0.199. The first-order chi connectivity index (χ1) is 11.2. The zero-order chi connectivity index (χ0) is 16.2. The van der Waals surface area contributed by atoms with Crippen molar-refractivity contribution in [2.45, 2.75) is 6.42 Å². The van der Waals surface area contributed by atoms with Crippen molar-refractivity contribution in [2.75, 3.05) is 25.6 Å². The highest BCUT2D eigenvalue weighted by atomic mass is 79.9. The number of phenolic OH excluding ortho intramolecular Hbond substituents is 1. The summed E-state index contributed by atoms with van der Waals surface area (Å²) in [7, 11) is 1.69. The Bertz CT molecular complexity index is 819. The molecule has 0 bridgehead atoms. The maximum Gasteiger partial charge on any atom is 0.172 e. The molecule has 0 aliphatic heterocycles. The molecule has 23 heavy (non-hydrogen) atoms. The summed E-state index contributed by atoms with van der Waals surface area (Å²) in [5.41, 5.74) is 2.06. The molecule has 0 aliphatic rings. The number of hydrogen-bond acceptors (Lipinski definition) is 5. The Labute approximate surface area is 142 Å². The number of nitrogens with zero attached hydrogens (tertiary/aromatic N) is 3. The van der Waals surface area contributed by atoms with Gasteiger partial charge in [0, 0.05) is 31.9 Å². The van der Waals surface area contributed by atoms with E-state index in [-0.39, 0.29) is 5.75 Å². The average molecular weight is 377 g/mol. The molecule has 2 heterocycles. The summed E-state index contributed by atoms with van der Waals surface area (Å²) in [6.07, 6.45) is 2.59. The Morgan fingerprint density at radius 2 is 2.17 bits per heavy atom. The molecule has 0 saturated carbocycles. The van der Waals surface area contributed by atoms with Gasteiger partial charge in [-0.15, -0.1) is 0 Å². The maximum atomic E-state index is 10.1. The Kier molecular flexibility index (Phi) is 4.78. The normalized spacial score (nSPS) is 11.0. The Morgan fingerprint density at radius 3 is 2.96 bits per heavy atom. The predicted octanol–water partition coefficient (Wildman–Crippen LogP) is 3.31. The lowest BCUT2D eigenvalue weighted by Crippen LogP contribution is -2.09. The molecule has 0 fully saturated rings. The van der Waals surface area contributed by atoms with Gasteiger partial charge in [-0.25, -0.2) is 4.98 Å². The van der Waals surface area contributed by atoms with Gasteiger partial charge in [0.1, 0.15) is 11.6 Å². The van der Waals surface area contributed by atoms with Gasteiger partial charge >= 0.3 is 0 Å². The van der Waals surface area contributed by atoms with Gasteiger partial charge in [0.05, 0.1) is 16.4 Å². The molecule has 0 unspecified atom stereocenters. The van der Waals surface area contributed by atoms with Crippen LogP contribution in [0.15, 0.2) is 41.0 Å². The van der Waals surface area contributed by atoms with Crippen LogP contribution in [0.25, 0.3) is 16.9 Å². The number of nitrogens with one attached hydrogen (secondary N) is 1. The van der Waals surface area contributed by atoms with Crippen molar-refractivity contribution < 1.29 is 9.84 Å². The standard InChI is InChI=1S/C16H17BrN4O2/c1-23-8-4-7-18-15-9-13(11-5-2-3-6-14(11)22)20-16-12(17)10-19-21(15)16/h2-3,5-6,9-10,18,22H,4,7-8H2,1H3. The van der Waals surface area contributed by atoms with E-state index in [1.807, 2.05) is 18.2 Å². The number of para-hydroxylation sites is 1. The highest BCUT2D eigenvalue weighted by Gasteiger charge is 2.13. The lowest BCUT2D eigenvalue weighted by Gasteiger charge is -2.11. The average Bonchev–Trinajstić information content (AvgIpc) is 2.93. The van der Waals surface area contributed by atoms with Crippen LogP contribution in [0, 0.1) is 0 Å². The third kappa shape index (κ3) is 3.30. The Morgan fingerprint density at radius 1 is 1.35 bits per heavy atom. The summed E-state index contributed by atoms with van der Waals surface area (Å²) < 4.78 is 7.60. The third-order valence-corrected chi connectivity index (χ3v) is 4.00. The molecule has 0 atom stereocenters. The molecule has 0 radical (unpaired) electrons. The van der Waals surface area contributed by atoms with Gasteiger partial charge in [0.2, 0.25) is 0 Å². The van der Waals surface area contributed by atoms with Gasteiger partial charge in [-0.1, -0.05) is 12.1 Å². The van der Waals surface area contributed by atoms with Crippen LogP contribution in [0.4, 0.5) is 5.82 Å². The van der Waals surface area contributed by atoms with Crippen LogP contribution in [0.5, 0.6) is 5.75 Å². The van der Waals surface area contributed by atoms with Crippen molar-refractivity contribution >= 4 is 27.4 Å². The molecule has 7 heteroatoms. The largest absolute Gasteiger partial charge is 0.507 e. The zero-order valence-corrected chi connectivity index (χ0v) is 14.2. The van der Waals surface area contributed by atoms with Crippen LogP contribution < -0.4 is 5.32 Å². The van der Waals surface area contributed by atoms with Crippen molar-refractivity contribution in [3.05, 3.63) is 41.0 Å². The molecular weight excluding hydrogens is 360 g/mol. The quantitative estimate of drug-likeness (QED) is 0.645. The number of aromatic hydroxyl groups is 1. The van der Waals surface area contributed by atoms with E-state index in [9.17, 15) is 5.11 Å². The number of rotatable bonds is 6. The van der Waals surface area contributed by atoms with E-state index in [0.717, 1.165) is 23.3 Å². The topological polar surface area (TPSA) is 71.7 Å². The first-order valence-corrected chi connectivity index (χ1v) is 8.05. The minimum absolute atomic E-state index is 0.199. The minimum Gasteiger partial charge on any atom is -0.507 e. The summed E-state index contributed by atoms with van der Waals surface area (Å²) in [6, 6.07) is 9.04. The van der Waals surface area contributed by atoms with Gasteiger partial charge in [0.25, 0.3) is 0 Å². The highest BCUT2D eigenvalue weighted by Crippen LogP contribution is 2.30. The highest BCUT2D eigenvalue weighted by molar-refractivity contribution is 9.10. The van der Waals surface area contributed by atoms with Crippen LogP contribution in [0.3, 0.4) is 0 Å². The number of ether oxygens (including phenoxy) is 1. The molecular formula is C16H17BrN4O2. The number of halogens is 1. The lowest BCUT2D eigenvalue weighted by molar-refractivity contribution is 0.197. The van der Waals surface area contributed by atoms with Crippen LogP contribution in [0.1, 0.15) is 6.42 Å². The number of benzene rings is 1. The molecule has 0 aliphatic carbocycles. The smallest absolute Gasteiger partial charge is 0.172 e. The third-order valence-electron chi connectivity index (χ3n) is 3.44. The van der Waals surface area contributed by atoms with Gasteiger partial charge in [-0.3, -0.25) is 0 Å². The van der Waals surface area contributed by atoms with Crippen molar-refractivity contribution in [2.24, 2.45) is 0 Å². The van der Waals surface area contributed by atoms with Crippen LogP contribution in [-0.4, -0.2) is 40.0 Å². The first-order valence-electron chi connectivity index (χ1n) is 7.26. The van der Waals surface area contributed by atoms with Crippen molar-refractivity contribution in [1.82, 2.24) is 14.6 Å². The molecule has 2 N–H and O–H groups in total. The van der Waals surface area contributed by atoms with E-state index < -0.39 is 0 Å². The van der Waals surface area contributed by atoms with Crippen molar-refractivity contribution in [1.29, 1.82) is 0 Å². The maximum absolute atomic E-state index is 10.1.